The van der Waals surface area contributed by atoms with Crippen LogP contribution in [-0.2, 0) is 4.79 Å². The van der Waals surface area contributed by atoms with E-state index in [2.05, 4.69) is 10.6 Å². The van der Waals surface area contributed by atoms with Crippen LogP contribution >= 0.6 is 22.6 Å². The molecule has 3 nitrogen and oxygen atoms in total. The molecule has 18 heavy (non-hydrogen) atoms. The van der Waals surface area contributed by atoms with Gasteiger partial charge in [-0.05, 0) is 61.1 Å². The van der Waals surface area contributed by atoms with Gasteiger partial charge in [0.2, 0.25) is 5.91 Å². The van der Waals surface area contributed by atoms with E-state index < -0.39 is 0 Å². The number of amides is 1. The molecule has 0 spiro atoms. The molecule has 0 unspecified atom stereocenters. The number of halogens is 2. The summed E-state index contributed by atoms with van der Waals surface area (Å²) in [6.45, 7) is 6.17. The van der Waals surface area contributed by atoms with Crippen molar-refractivity contribution in [1.29, 1.82) is 0 Å². The largest absolute Gasteiger partial charge is 0.375 e. The number of carbonyl (C=O) groups excluding carboxylic acids is 1. The van der Waals surface area contributed by atoms with Gasteiger partial charge in [-0.15, -0.1) is 0 Å². The summed E-state index contributed by atoms with van der Waals surface area (Å²) in [6.07, 6.45) is 0.868. The molecular formula is C13H18FIN2O. The Kier molecular flexibility index (Phi) is 5.37. The zero-order valence-corrected chi connectivity index (χ0v) is 13.0. The maximum atomic E-state index is 12.9. The number of anilines is 1. The van der Waals surface area contributed by atoms with Gasteiger partial charge in [-0.1, -0.05) is 6.92 Å². The second kappa shape index (κ2) is 6.36. The third-order valence-corrected chi connectivity index (χ3v) is 3.62. The first-order valence-corrected chi connectivity index (χ1v) is 6.92. The monoisotopic (exact) mass is 364 g/mol. The van der Waals surface area contributed by atoms with Crippen molar-refractivity contribution >= 4 is 34.2 Å². The van der Waals surface area contributed by atoms with Crippen LogP contribution in [0.4, 0.5) is 10.1 Å². The Bertz CT molecular complexity index is 435. The fourth-order valence-corrected chi connectivity index (χ4v) is 1.99. The number of carbonyl (C=O) groups is 1. The molecule has 0 bridgehead atoms. The molecule has 0 aliphatic carbocycles. The van der Waals surface area contributed by atoms with E-state index in [9.17, 15) is 9.18 Å². The molecule has 5 heteroatoms. The summed E-state index contributed by atoms with van der Waals surface area (Å²) in [7, 11) is 0. The molecule has 2 N–H and O–H groups in total. The lowest BCUT2D eigenvalue weighted by Gasteiger charge is -2.24. The number of rotatable bonds is 5. The summed E-state index contributed by atoms with van der Waals surface area (Å²) in [5.41, 5.74) is 0.566. The summed E-state index contributed by atoms with van der Waals surface area (Å²) in [5, 5.41) is 5.93. The molecule has 0 aliphatic heterocycles. The van der Waals surface area contributed by atoms with Gasteiger partial charge in [0.1, 0.15) is 5.82 Å². The van der Waals surface area contributed by atoms with Gasteiger partial charge in [0.25, 0.3) is 0 Å². The number of hydrogen-bond acceptors (Lipinski definition) is 2. The highest BCUT2D eigenvalue weighted by molar-refractivity contribution is 14.1. The quantitative estimate of drug-likeness (QED) is 0.789. The maximum Gasteiger partial charge on any atom is 0.239 e. The van der Waals surface area contributed by atoms with E-state index in [1.165, 1.54) is 12.1 Å². The number of benzene rings is 1. The SMILES string of the molecule is CCC(C)(C)NC(=O)CNc1ccc(F)cc1I. The van der Waals surface area contributed by atoms with Gasteiger partial charge in [-0.25, -0.2) is 4.39 Å². The van der Waals surface area contributed by atoms with Crippen LogP contribution in [-0.4, -0.2) is 18.0 Å². The van der Waals surface area contributed by atoms with Crippen molar-refractivity contribution in [3.8, 4) is 0 Å². The van der Waals surface area contributed by atoms with E-state index in [0.29, 0.717) is 0 Å². The molecule has 0 heterocycles. The lowest BCUT2D eigenvalue weighted by molar-refractivity contribution is -0.121. The average molecular weight is 364 g/mol. The zero-order chi connectivity index (χ0) is 13.8. The summed E-state index contributed by atoms with van der Waals surface area (Å²) >= 11 is 2.03. The van der Waals surface area contributed by atoms with E-state index in [-0.39, 0.29) is 23.8 Å². The minimum Gasteiger partial charge on any atom is -0.375 e. The number of hydrogen-bond donors (Lipinski definition) is 2. The van der Waals surface area contributed by atoms with Gasteiger partial charge < -0.3 is 10.6 Å². The van der Waals surface area contributed by atoms with Gasteiger partial charge in [-0.3, -0.25) is 4.79 Å². The van der Waals surface area contributed by atoms with Crippen molar-refractivity contribution in [3.63, 3.8) is 0 Å². The van der Waals surface area contributed by atoms with Crippen LogP contribution in [0, 0.1) is 9.39 Å². The molecular weight excluding hydrogens is 346 g/mol. The second-order valence-electron chi connectivity index (χ2n) is 4.76. The minimum absolute atomic E-state index is 0.0676. The summed E-state index contributed by atoms with van der Waals surface area (Å²) in [6, 6.07) is 4.44. The Balaban J connectivity index is 2.53. The number of nitrogens with one attached hydrogen (secondary N) is 2. The van der Waals surface area contributed by atoms with E-state index in [4.69, 9.17) is 0 Å². The first-order valence-electron chi connectivity index (χ1n) is 5.84. The van der Waals surface area contributed by atoms with E-state index in [1.807, 2.05) is 43.4 Å². The fourth-order valence-electron chi connectivity index (χ4n) is 1.32. The van der Waals surface area contributed by atoms with Gasteiger partial charge in [0.15, 0.2) is 0 Å². The highest BCUT2D eigenvalue weighted by Gasteiger charge is 2.17. The smallest absolute Gasteiger partial charge is 0.239 e. The minimum atomic E-state index is -0.276. The molecule has 0 aromatic heterocycles. The van der Waals surface area contributed by atoms with Crippen LogP contribution in [0.25, 0.3) is 0 Å². The van der Waals surface area contributed by atoms with E-state index in [0.717, 1.165) is 15.7 Å². The van der Waals surface area contributed by atoms with Crippen LogP contribution in [0.1, 0.15) is 27.2 Å². The molecule has 1 amide bonds. The molecule has 0 saturated carbocycles. The van der Waals surface area contributed by atoms with Crippen LogP contribution in [0.5, 0.6) is 0 Å². The lowest BCUT2D eigenvalue weighted by atomic mass is 10.0. The van der Waals surface area contributed by atoms with Crippen LogP contribution < -0.4 is 10.6 Å². The molecule has 1 rings (SSSR count). The summed E-state index contributed by atoms with van der Waals surface area (Å²) in [5.74, 6) is -0.344. The third kappa shape index (κ3) is 4.80. The van der Waals surface area contributed by atoms with Gasteiger partial charge in [-0.2, -0.15) is 0 Å². The average Bonchev–Trinajstić information content (AvgIpc) is 2.27. The normalized spacial score (nSPS) is 11.2. The Morgan fingerprint density at radius 3 is 2.67 bits per heavy atom. The van der Waals surface area contributed by atoms with Crippen LogP contribution in [0.2, 0.25) is 0 Å². The highest BCUT2D eigenvalue weighted by atomic mass is 127. The molecule has 0 radical (unpaired) electrons. The Morgan fingerprint density at radius 2 is 2.11 bits per heavy atom. The first kappa shape index (κ1) is 15.2. The van der Waals surface area contributed by atoms with Gasteiger partial charge in [0, 0.05) is 14.8 Å². The Hall–Kier alpha value is -0.850. The molecule has 0 saturated heterocycles. The Morgan fingerprint density at radius 1 is 1.44 bits per heavy atom. The highest BCUT2D eigenvalue weighted by Crippen LogP contribution is 2.18. The maximum absolute atomic E-state index is 12.9. The molecule has 100 valence electrons. The standard InChI is InChI=1S/C13H18FIN2O/c1-4-13(2,3)17-12(18)8-16-11-6-5-9(14)7-10(11)15/h5-7,16H,4,8H2,1-3H3,(H,17,18). The zero-order valence-electron chi connectivity index (χ0n) is 10.8. The van der Waals surface area contributed by atoms with Crippen LogP contribution in [0.3, 0.4) is 0 Å². The summed E-state index contributed by atoms with van der Waals surface area (Å²) < 4.78 is 13.7. The van der Waals surface area contributed by atoms with Crippen LogP contribution in [0.15, 0.2) is 18.2 Å². The van der Waals surface area contributed by atoms with Gasteiger partial charge >= 0.3 is 0 Å². The van der Waals surface area contributed by atoms with Gasteiger partial charge in [0.05, 0.1) is 6.54 Å². The fraction of sp³-hybridized carbons (Fsp3) is 0.462. The first-order chi connectivity index (χ1) is 8.34. The molecule has 0 fully saturated rings. The third-order valence-electron chi connectivity index (χ3n) is 2.73. The van der Waals surface area contributed by atoms with Crippen molar-refractivity contribution in [2.45, 2.75) is 32.7 Å². The second-order valence-corrected chi connectivity index (χ2v) is 5.93. The van der Waals surface area contributed by atoms with Crippen molar-refractivity contribution < 1.29 is 9.18 Å². The molecule has 1 aromatic rings. The predicted molar refractivity (Wildman–Crippen MR) is 80.1 cm³/mol. The van der Waals surface area contributed by atoms with Crippen molar-refractivity contribution in [3.05, 3.63) is 27.6 Å². The van der Waals surface area contributed by atoms with E-state index in [1.54, 1.807) is 6.07 Å². The molecule has 1 aromatic carbocycles. The molecule has 0 aliphatic rings. The lowest BCUT2D eigenvalue weighted by Crippen LogP contribution is -2.45. The van der Waals surface area contributed by atoms with Crippen molar-refractivity contribution in [2.75, 3.05) is 11.9 Å². The Labute approximate surface area is 121 Å². The predicted octanol–water partition coefficient (Wildman–Crippen LogP) is 3.15. The van der Waals surface area contributed by atoms with Crippen molar-refractivity contribution in [1.82, 2.24) is 5.32 Å². The van der Waals surface area contributed by atoms with Crippen molar-refractivity contribution in [2.24, 2.45) is 0 Å². The topological polar surface area (TPSA) is 41.1 Å². The summed E-state index contributed by atoms with van der Waals surface area (Å²) in [4.78, 5) is 11.7. The van der Waals surface area contributed by atoms with E-state index >= 15 is 0 Å². The molecule has 0 atom stereocenters.